The number of thiazole rings is 1. The van der Waals surface area contributed by atoms with Crippen molar-refractivity contribution in [3.05, 3.63) is 54.1 Å². The van der Waals surface area contributed by atoms with Crippen molar-refractivity contribution in [2.75, 3.05) is 37.4 Å². The summed E-state index contributed by atoms with van der Waals surface area (Å²) in [5.74, 6) is -0.520. The number of ether oxygens (including phenoxy) is 1. The first-order chi connectivity index (χ1) is 15.9. The van der Waals surface area contributed by atoms with Gasteiger partial charge < -0.3 is 20.3 Å². The number of benzene rings is 1. The summed E-state index contributed by atoms with van der Waals surface area (Å²) in [4.78, 5) is 31.6. The third-order valence-corrected chi connectivity index (χ3v) is 7.20. The van der Waals surface area contributed by atoms with Crippen LogP contribution in [0.3, 0.4) is 0 Å². The van der Waals surface area contributed by atoms with E-state index in [1.807, 2.05) is 0 Å². The molecule has 0 radical (unpaired) electrons. The van der Waals surface area contributed by atoms with Crippen LogP contribution < -0.4 is 16.0 Å². The highest BCUT2D eigenvalue weighted by molar-refractivity contribution is 7.20. The van der Waals surface area contributed by atoms with Gasteiger partial charge in [-0.05, 0) is 36.7 Å². The van der Waals surface area contributed by atoms with E-state index in [4.69, 9.17) is 10.1 Å². The number of nitrogens with zero attached hydrogens (tertiary/aromatic N) is 2. The summed E-state index contributed by atoms with van der Waals surface area (Å²) in [6, 6.07) is 5.96. The monoisotopic (exact) mass is 472 g/mol. The van der Waals surface area contributed by atoms with Crippen LogP contribution in [-0.4, -0.2) is 54.5 Å². The summed E-state index contributed by atoms with van der Waals surface area (Å²) >= 11 is 1.17. The molecule has 2 saturated heterocycles. The van der Waals surface area contributed by atoms with E-state index < -0.39 is 5.41 Å². The number of urea groups is 1. The van der Waals surface area contributed by atoms with Gasteiger partial charge in [-0.3, -0.25) is 15.5 Å². The molecule has 1 atom stereocenters. The lowest BCUT2D eigenvalue weighted by Gasteiger charge is -2.40. The number of methoxy groups -OCH3 is 1. The molecule has 174 valence electrons. The summed E-state index contributed by atoms with van der Waals surface area (Å²) in [5, 5.41) is 17.4. The van der Waals surface area contributed by atoms with Crippen LogP contribution in [0.15, 0.2) is 37.0 Å². The van der Waals surface area contributed by atoms with E-state index in [1.165, 1.54) is 36.8 Å². The molecule has 2 aliphatic rings. The number of amides is 3. The van der Waals surface area contributed by atoms with Gasteiger partial charge in [0.1, 0.15) is 10.8 Å². The molecule has 0 saturated carbocycles. The van der Waals surface area contributed by atoms with Gasteiger partial charge >= 0.3 is 6.03 Å². The molecule has 33 heavy (non-hydrogen) atoms. The maximum Gasteiger partial charge on any atom is 0.323 e. The Hall–Kier alpha value is -3.47. The van der Waals surface area contributed by atoms with Gasteiger partial charge in [-0.2, -0.15) is 0 Å². The van der Waals surface area contributed by atoms with Crippen molar-refractivity contribution < 1.29 is 18.7 Å². The van der Waals surface area contributed by atoms with Crippen molar-refractivity contribution in [2.45, 2.75) is 18.8 Å². The molecule has 2 aromatic rings. The third-order valence-electron chi connectivity index (χ3n) is 6.29. The number of halogens is 1. The number of likely N-dealkylation sites (tertiary alicyclic amines) is 1. The second-order valence-corrected chi connectivity index (χ2v) is 8.97. The van der Waals surface area contributed by atoms with Gasteiger partial charge in [0.15, 0.2) is 10.8 Å². The second-order valence-electron chi connectivity index (χ2n) is 7.97. The molecule has 2 fully saturated rings. The molecule has 0 unspecified atom stereocenters. The average Bonchev–Trinajstić information content (AvgIpc) is 3.35. The molecule has 1 aromatic carbocycles. The Balaban J connectivity index is 1.44. The Morgan fingerprint density at radius 3 is 2.73 bits per heavy atom. The van der Waals surface area contributed by atoms with E-state index in [0.29, 0.717) is 42.6 Å². The highest BCUT2D eigenvalue weighted by atomic mass is 32.1. The lowest BCUT2D eigenvalue weighted by Crippen LogP contribution is -2.49. The number of nitrogens with one attached hydrogen (secondary N) is 4. The fraction of sp³-hybridized carbons (Fsp3) is 0.364. The van der Waals surface area contributed by atoms with Gasteiger partial charge in [-0.25, -0.2) is 14.2 Å². The third kappa shape index (κ3) is 4.28. The summed E-state index contributed by atoms with van der Waals surface area (Å²) in [6.07, 6.45) is 2.48. The van der Waals surface area contributed by atoms with Crippen molar-refractivity contribution in [1.29, 1.82) is 5.41 Å². The van der Waals surface area contributed by atoms with Crippen LogP contribution >= 0.6 is 11.3 Å². The minimum Gasteiger partial charge on any atom is -0.480 e. The zero-order chi connectivity index (χ0) is 23.6. The Bertz CT molecular complexity index is 1080. The molecule has 0 aliphatic carbocycles. The molecule has 11 heteroatoms. The Morgan fingerprint density at radius 2 is 2.09 bits per heavy atom. The van der Waals surface area contributed by atoms with E-state index in [2.05, 4.69) is 27.5 Å². The number of piperidine rings is 1. The lowest BCUT2D eigenvalue weighted by atomic mass is 9.68. The standard InChI is InChI=1S/C22H25FN6O3S/c1-3-25-18-16(17(24)32-2)27-20(33-18)28-21(31)29-10-8-22(9-11-29)15(12-26-19(22)30)13-4-6-14(23)7-5-13/h3-7,15,24-25H,1,8-12H2,2H3,(H,26,30)(H,27,28,31)/t15-/m1/s1. The first kappa shape index (κ1) is 22.7. The quantitative estimate of drug-likeness (QED) is 0.393. The predicted molar refractivity (Wildman–Crippen MR) is 124 cm³/mol. The topological polar surface area (TPSA) is 119 Å². The molecule has 2 aliphatic heterocycles. The van der Waals surface area contributed by atoms with E-state index in [0.717, 1.165) is 5.56 Å². The number of carbonyl (C=O) groups is 2. The Morgan fingerprint density at radius 1 is 1.39 bits per heavy atom. The number of carbonyl (C=O) groups excluding carboxylic acids is 2. The normalized spacial score (nSPS) is 19.2. The highest BCUT2D eigenvalue weighted by Crippen LogP contribution is 2.47. The number of hydrogen-bond donors (Lipinski definition) is 4. The molecule has 4 N–H and O–H groups in total. The molecular formula is C22H25FN6O3S. The van der Waals surface area contributed by atoms with Crippen LogP contribution in [0.5, 0.6) is 0 Å². The van der Waals surface area contributed by atoms with Gasteiger partial charge in [0.2, 0.25) is 11.8 Å². The molecule has 4 rings (SSSR count). The minimum atomic E-state index is -0.614. The molecule has 1 aromatic heterocycles. The Labute approximate surface area is 194 Å². The average molecular weight is 473 g/mol. The Kier molecular flexibility index (Phi) is 6.32. The number of hydrogen-bond acceptors (Lipinski definition) is 7. The first-order valence-electron chi connectivity index (χ1n) is 10.5. The van der Waals surface area contributed by atoms with E-state index >= 15 is 0 Å². The summed E-state index contributed by atoms with van der Waals surface area (Å²) in [6.45, 7) is 4.92. The fourth-order valence-corrected chi connectivity index (χ4v) is 5.37. The molecular weight excluding hydrogens is 447 g/mol. The molecule has 3 heterocycles. The van der Waals surface area contributed by atoms with Crippen LogP contribution in [0.1, 0.15) is 30.0 Å². The summed E-state index contributed by atoms with van der Waals surface area (Å²) in [5.41, 5.74) is 0.586. The van der Waals surface area contributed by atoms with Crippen molar-refractivity contribution >= 4 is 39.3 Å². The van der Waals surface area contributed by atoms with E-state index in [1.54, 1.807) is 17.0 Å². The number of anilines is 2. The molecule has 1 spiro atoms. The van der Waals surface area contributed by atoms with E-state index in [9.17, 15) is 14.0 Å². The maximum atomic E-state index is 13.4. The SMILES string of the molecule is C=CNc1sc(NC(=O)N2CCC3(CC2)C(=O)NC[C@@H]3c2ccc(F)cc2)nc1C(=N)OC. The van der Waals surface area contributed by atoms with Crippen molar-refractivity contribution in [3.8, 4) is 0 Å². The predicted octanol–water partition coefficient (Wildman–Crippen LogP) is 3.34. The maximum absolute atomic E-state index is 13.4. The highest BCUT2D eigenvalue weighted by Gasteiger charge is 2.52. The lowest BCUT2D eigenvalue weighted by molar-refractivity contribution is -0.130. The van der Waals surface area contributed by atoms with Gasteiger partial charge in [0.05, 0.1) is 12.5 Å². The number of aromatic nitrogens is 1. The van der Waals surface area contributed by atoms with Crippen LogP contribution in [0.2, 0.25) is 0 Å². The second kappa shape index (κ2) is 9.18. The smallest absolute Gasteiger partial charge is 0.323 e. The van der Waals surface area contributed by atoms with Crippen LogP contribution in [-0.2, 0) is 9.53 Å². The van der Waals surface area contributed by atoms with Crippen molar-refractivity contribution in [1.82, 2.24) is 15.2 Å². The zero-order valence-corrected chi connectivity index (χ0v) is 18.9. The van der Waals surface area contributed by atoms with Crippen LogP contribution in [0.25, 0.3) is 0 Å². The largest absolute Gasteiger partial charge is 0.480 e. The summed E-state index contributed by atoms with van der Waals surface area (Å²) in [7, 11) is 1.37. The van der Waals surface area contributed by atoms with Crippen molar-refractivity contribution in [3.63, 3.8) is 0 Å². The van der Waals surface area contributed by atoms with Gasteiger partial charge in [-0.15, -0.1) is 0 Å². The van der Waals surface area contributed by atoms with Crippen LogP contribution in [0, 0.1) is 16.6 Å². The molecule has 9 nitrogen and oxygen atoms in total. The zero-order valence-electron chi connectivity index (χ0n) is 18.1. The van der Waals surface area contributed by atoms with Crippen LogP contribution in [0.4, 0.5) is 19.3 Å². The minimum absolute atomic E-state index is 0.0142. The van der Waals surface area contributed by atoms with Gasteiger partial charge in [0, 0.05) is 25.6 Å². The van der Waals surface area contributed by atoms with Gasteiger partial charge in [0.25, 0.3) is 0 Å². The summed E-state index contributed by atoms with van der Waals surface area (Å²) < 4.78 is 18.3. The van der Waals surface area contributed by atoms with E-state index in [-0.39, 0.29) is 35.3 Å². The van der Waals surface area contributed by atoms with Crippen molar-refractivity contribution in [2.24, 2.45) is 5.41 Å². The number of rotatable bonds is 5. The first-order valence-corrected chi connectivity index (χ1v) is 11.3. The molecule has 3 amide bonds. The fourth-order valence-electron chi connectivity index (χ4n) is 4.53. The van der Waals surface area contributed by atoms with Gasteiger partial charge in [-0.1, -0.05) is 30.0 Å². The molecule has 0 bridgehead atoms.